The third-order valence-corrected chi connectivity index (χ3v) is 4.39. The van der Waals surface area contributed by atoms with Gasteiger partial charge in [0.05, 0.1) is 0 Å². The Morgan fingerprint density at radius 1 is 0.833 bits per heavy atom. The van der Waals surface area contributed by atoms with Gasteiger partial charge in [-0.3, -0.25) is 0 Å². The van der Waals surface area contributed by atoms with E-state index in [0.717, 1.165) is 48.8 Å². The molecule has 2 aromatic rings. The third-order valence-electron chi connectivity index (χ3n) is 4.39. The summed E-state index contributed by atoms with van der Waals surface area (Å²) in [5.41, 5.74) is 2.70. The molecule has 1 aromatic carbocycles. The number of rotatable bonds is 10. The Labute approximate surface area is 145 Å². The van der Waals surface area contributed by atoms with E-state index in [0.29, 0.717) is 5.82 Å². The van der Waals surface area contributed by atoms with Gasteiger partial charge in [-0.1, -0.05) is 58.1 Å². The summed E-state index contributed by atoms with van der Waals surface area (Å²) in [6.45, 7) is 4.38. The van der Waals surface area contributed by atoms with Crippen LogP contribution in [0, 0.1) is 5.82 Å². The Morgan fingerprint density at radius 3 is 2.21 bits per heavy atom. The molecular formula is C21H29FN2. The van der Waals surface area contributed by atoms with E-state index in [4.69, 9.17) is 0 Å². The van der Waals surface area contributed by atoms with Gasteiger partial charge >= 0.3 is 0 Å². The zero-order valence-electron chi connectivity index (χ0n) is 15.0. The molecule has 0 aliphatic heterocycles. The average Bonchev–Trinajstić information content (AvgIpc) is 2.61. The number of nitrogens with zero attached hydrogens (tertiary/aromatic N) is 2. The number of hydrogen-bond acceptors (Lipinski definition) is 2. The largest absolute Gasteiger partial charge is 0.236 e. The van der Waals surface area contributed by atoms with Crippen LogP contribution in [0.4, 0.5) is 4.39 Å². The number of halogens is 1. The molecule has 0 amide bonds. The number of aromatic nitrogens is 2. The van der Waals surface area contributed by atoms with Crippen LogP contribution in [0.1, 0.15) is 69.9 Å². The van der Waals surface area contributed by atoms with Gasteiger partial charge in [-0.2, -0.15) is 0 Å². The summed E-state index contributed by atoms with van der Waals surface area (Å²) in [7, 11) is 0. The van der Waals surface area contributed by atoms with Crippen molar-refractivity contribution in [3.05, 3.63) is 47.5 Å². The minimum Gasteiger partial charge on any atom is -0.236 e. The molecule has 0 atom stereocenters. The maximum absolute atomic E-state index is 14.3. The van der Waals surface area contributed by atoms with Crippen molar-refractivity contribution in [3.63, 3.8) is 0 Å². The highest BCUT2D eigenvalue weighted by molar-refractivity contribution is 5.55. The highest BCUT2D eigenvalue weighted by Crippen LogP contribution is 2.20. The maximum Gasteiger partial charge on any atom is 0.159 e. The fourth-order valence-corrected chi connectivity index (χ4v) is 2.82. The van der Waals surface area contributed by atoms with Crippen molar-refractivity contribution in [2.45, 2.75) is 71.6 Å². The van der Waals surface area contributed by atoms with Gasteiger partial charge in [-0.05, 0) is 42.9 Å². The second-order valence-corrected chi connectivity index (χ2v) is 6.49. The molecule has 0 bridgehead atoms. The number of aryl methyl sites for hydroxylation is 2. The standard InChI is InChI=1S/C21H29FN2/c1-3-5-7-8-9-11-18-12-13-19(14-20(18)22)21-23-15-17(16-24-21)10-6-4-2/h12-16H,3-11H2,1-2H3. The van der Waals surface area contributed by atoms with Gasteiger partial charge in [0.25, 0.3) is 0 Å². The summed E-state index contributed by atoms with van der Waals surface area (Å²) in [4.78, 5) is 8.78. The highest BCUT2D eigenvalue weighted by atomic mass is 19.1. The monoisotopic (exact) mass is 328 g/mol. The lowest BCUT2D eigenvalue weighted by Crippen LogP contribution is -1.96. The summed E-state index contributed by atoms with van der Waals surface area (Å²) in [6, 6.07) is 5.40. The maximum atomic E-state index is 14.3. The van der Waals surface area contributed by atoms with Crippen molar-refractivity contribution < 1.29 is 4.39 Å². The number of benzene rings is 1. The van der Waals surface area contributed by atoms with Gasteiger partial charge in [-0.15, -0.1) is 0 Å². The average molecular weight is 328 g/mol. The minimum atomic E-state index is -0.137. The lowest BCUT2D eigenvalue weighted by molar-refractivity contribution is 0.588. The normalized spacial score (nSPS) is 11.0. The smallest absolute Gasteiger partial charge is 0.159 e. The van der Waals surface area contributed by atoms with Crippen LogP contribution in [0.15, 0.2) is 30.6 Å². The van der Waals surface area contributed by atoms with Gasteiger partial charge in [0.15, 0.2) is 5.82 Å². The second-order valence-electron chi connectivity index (χ2n) is 6.49. The van der Waals surface area contributed by atoms with Crippen molar-refractivity contribution in [1.82, 2.24) is 9.97 Å². The van der Waals surface area contributed by atoms with E-state index >= 15 is 0 Å². The van der Waals surface area contributed by atoms with E-state index in [2.05, 4.69) is 23.8 Å². The van der Waals surface area contributed by atoms with Crippen LogP contribution >= 0.6 is 0 Å². The molecule has 1 heterocycles. The Balaban J connectivity index is 1.95. The van der Waals surface area contributed by atoms with Crippen LogP contribution < -0.4 is 0 Å². The number of unbranched alkanes of at least 4 members (excludes halogenated alkanes) is 5. The first-order valence-electron chi connectivity index (χ1n) is 9.34. The first-order chi connectivity index (χ1) is 11.7. The van der Waals surface area contributed by atoms with Gasteiger partial charge in [-0.25, -0.2) is 14.4 Å². The minimum absolute atomic E-state index is 0.137. The molecule has 0 fully saturated rings. The van der Waals surface area contributed by atoms with Gasteiger partial charge < -0.3 is 0 Å². The molecule has 0 saturated heterocycles. The van der Waals surface area contributed by atoms with Crippen LogP contribution in [0.2, 0.25) is 0 Å². The van der Waals surface area contributed by atoms with Crippen LogP contribution in [0.25, 0.3) is 11.4 Å². The van der Waals surface area contributed by atoms with E-state index in [1.54, 1.807) is 6.07 Å². The quantitative estimate of drug-likeness (QED) is 0.490. The molecule has 1 aromatic heterocycles. The van der Waals surface area contributed by atoms with E-state index in [1.807, 2.05) is 24.5 Å². The Kier molecular flexibility index (Phi) is 7.87. The van der Waals surface area contributed by atoms with Crippen molar-refractivity contribution in [3.8, 4) is 11.4 Å². The Morgan fingerprint density at radius 2 is 1.54 bits per heavy atom. The second kappa shape index (κ2) is 10.2. The van der Waals surface area contributed by atoms with Gasteiger partial charge in [0.2, 0.25) is 0 Å². The topological polar surface area (TPSA) is 25.8 Å². The van der Waals surface area contributed by atoms with Crippen molar-refractivity contribution in [2.24, 2.45) is 0 Å². The molecule has 0 spiro atoms. The lowest BCUT2D eigenvalue weighted by Gasteiger charge is -2.07. The zero-order valence-corrected chi connectivity index (χ0v) is 15.0. The third kappa shape index (κ3) is 5.70. The molecule has 2 nitrogen and oxygen atoms in total. The van der Waals surface area contributed by atoms with Crippen LogP contribution in [-0.2, 0) is 12.8 Å². The van der Waals surface area contributed by atoms with Crippen molar-refractivity contribution >= 4 is 0 Å². The first kappa shape index (κ1) is 18.6. The van der Waals surface area contributed by atoms with Crippen LogP contribution in [0.5, 0.6) is 0 Å². The van der Waals surface area contributed by atoms with Crippen molar-refractivity contribution in [2.75, 3.05) is 0 Å². The lowest BCUT2D eigenvalue weighted by atomic mass is 10.0. The molecule has 0 N–H and O–H groups in total. The fraction of sp³-hybridized carbons (Fsp3) is 0.524. The predicted octanol–water partition coefficient (Wildman–Crippen LogP) is 6.14. The summed E-state index contributed by atoms with van der Waals surface area (Å²) in [6.07, 6.45) is 13.8. The Bertz CT molecular complexity index is 608. The fourth-order valence-electron chi connectivity index (χ4n) is 2.82. The van der Waals surface area contributed by atoms with E-state index in [1.165, 1.54) is 25.7 Å². The molecule has 130 valence electrons. The summed E-state index contributed by atoms with van der Waals surface area (Å²) < 4.78 is 14.3. The molecule has 24 heavy (non-hydrogen) atoms. The van der Waals surface area contributed by atoms with Crippen LogP contribution in [0.3, 0.4) is 0 Å². The molecule has 0 radical (unpaired) electrons. The van der Waals surface area contributed by atoms with Gasteiger partial charge in [0, 0.05) is 18.0 Å². The molecule has 0 aliphatic carbocycles. The highest BCUT2D eigenvalue weighted by Gasteiger charge is 2.07. The van der Waals surface area contributed by atoms with E-state index < -0.39 is 0 Å². The summed E-state index contributed by atoms with van der Waals surface area (Å²) in [5, 5.41) is 0. The molecule has 2 rings (SSSR count). The molecule has 0 saturated carbocycles. The molecule has 0 unspecified atom stereocenters. The van der Waals surface area contributed by atoms with Crippen molar-refractivity contribution in [1.29, 1.82) is 0 Å². The van der Waals surface area contributed by atoms with Gasteiger partial charge in [0.1, 0.15) is 5.82 Å². The SMILES string of the molecule is CCCCCCCc1ccc(-c2ncc(CCCC)cn2)cc1F. The molecule has 3 heteroatoms. The predicted molar refractivity (Wildman–Crippen MR) is 98.5 cm³/mol. The van der Waals surface area contributed by atoms with Crippen LogP contribution in [-0.4, -0.2) is 9.97 Å². The summed E-state index contributed by atoms with van der Waals surface area (Å²) in [5.74, 6) is 0.463. The summed E-state index contributed by atoms with van der Waals surface area (Å²) >= 11 is 0. The number of hydrogen-bond donors (Lipinski definition) is 0. The van der Waals surface area contributed by atoms with E-state index in [9.17, 15) is 4.39 Å². The molecule has 0 aliphatic rings. The zero-order chi connectivity index (χ0) is 17.2. The van der Waals surface area contributed by atoms with E-state index in [-0.39, 0.29) is 5.82 Å². The molecular weight excluding hydrogens is 299 g/mol. The first-order valence-corrected chi connectivity index (χ1v) is 9.34. The Hall–Kier alpha value is -1.77.